The Hall–Kier alpha value is -1.07. The Labute approximate surface area is 124 Å². The van der Waals surface area contributed by atoms with E-state index in [2.05, 4.69) is 0 Å². The van der Waals surface area contributed by atoms with E-state index >= 15 is 0 Å². The molecule has 0 N–H and O–H groups in total. The molecule has 1 aliphatic rings. The lowest BCUT2D eigenvalue weighted by Crippen LogP contribution is -2.41. The Kier molecular flexibility index (Phi) is 4.70. The van der Waals surface area contributed by atoms with Crippen LogP contribution in [0.4, 0.5) is 0 Å². The molecule has 0 bridgehead atoms. The summed E-state index contributed by atoms with van der Waals surface area (Å²) in [6.45, 7) is 2.37. The molecule has 6 heteroatoms. The zero-order valence-corrected chi connectivity index (χ0v) is 13.0. The highest BCUT2D eigenvalue weighted by atomic mass is 35.5. The number of nitrogens with zero attached hydrogens (tertiary/aromatic N) is 1. The van der Waals surface area contributed by atoms with Gasteiger partial charge in [0.15, 0.2) is 9.84 Å². The summed E-state index contributed by atoms with van der Waals surface area (Å²) >= 11 is 5.78. The first kappa shape index (κ1) is 15.3. The topological polar surface area (TPSA) is 54.5 Å². The lowest BCUT2D eigenvalue weighted by Gasteiger charge is -2.27. The molecule has 1 aliphatic heterocycles. The summed E-state index contributed by atoms with van der Waals surface area (Å²) in [6.07, 6.45) is 0.525. The smallest absolute Gasteiger partial charge is 0.254 e. The summed E-state index contributed by atoms with van der Waals surface area (Å²) in [4.78, 5) is 14.2. The van der Waals surface area contributed by atoms with Crippen molar-refractivity contribution < 1.29 is 13.2 Å². The van der Waals surface area contributed by atoms with Gasteiger partial charge in [0.1, 0.15) is 0 Å². The number of carbonyl (C=O) groups is 1. The molecule has 2 rings (SSSR count). The molecular formula is C14H18ClNO3S. The summed E-state index contributed by atoms with van der Waals surface area (Å²) in [5.74, 6) is 0.470. The van der Waals surface area contributed by atoms with E-state index in [1.807, 2.05) is 13.0 Å². The summed E-state index contributed by atoms with van der Waals surface area (Å²) in [5.41, 5.74) is 1.45. The van der Waals surface area contributed by atoms with Crippen molar-refractivity contribution in [1.82, 2.24) is 4.90 Å². The second-order valence-electron chi connectivity index (χ2n) is 4.98. The van der Waals surface area contributed by atoms with Crippen molar-refractivity contribution in [3.63, 3.8) is 0 Å². The first-order valence-electron chi connectivity index (χ1n) is 6.63. The molecule has 20 heavy (non-hydrogen) atoms. The molecule has 1 aromatic carbocycles. The number of carbonyl (C=O) groups excluding carboxylic acids is 1. The Balaban J connectivity index is 2.21. The van der Waals surface area contributed by atoms with Gasteiger partial charge in [-0.15, -0.1) is 11.6 Å². The van der Waals surface area contributed by atoms with Crippen LogP contribution in [0, 0.1) is 0 Å². The van der Waals surface area contributed by atoms with Gasteiger partial charge in [0.05, 0.1) is 11.5 Å². The second kappa shape index (κ2) is 6.14. The van der Waals surface area contributed by atoms with Crippen LogP contribution in [0.25, 0.3) is 0 Å². The number of hydrogen-bond acceptors (Lipinski definition) is 3. The Morgan fingerprint density at radius 1 is 1.45 bits per heavy atom. The highest BCUT2D eigenvalue weighted by Crippen LogP contribution is 2.20. The number of alkyl halides is 1. The van der Waals surface area contributed by atoms with Crippen LogP contribution >= 0.6 is 11.6 Å². The van der Waals surface area contributed by atoms with Gasteiger partial charge in [-0.1, -0.05) is 12.1 Å². The van der Waals surface area contributed by atoms with Crippen LogP contribution < -0.4 is 0 Å². The van der Waals surface area contributed by atoms with Crippen molar-refractivity contribution in [1.29, 1.82) is 0 Å². The SMILES string of the molecule is CCN(C(=O)c1cccc(CCl)c1)C1CCS(=O)(=O)C1. The van der Waals surface area contributed by atoms with Crippen LogP contribution in [0.1, 0.15) is 29.3 Å². The second-order valence-corrected chi connectivity index (χ2v) is 7.48. The Morgan fingerprint density at radius 3 is 2.75 bits per heavy atom. The number of rotatable bonds is 4. The molecule has 1 heterocycles. The van der Waals surface area contributed by atoms with E-state index in [0.717, 1.165) is 5.56 Å². The van der Waals surface area contributed by atoms with Gasteiger partial charge in [-0.3, -0.25) is 4.79 Å². The minimum atomic E-state index is -2.99. The standard InChI is InChI=1S/C14H18ClNO3S/c1-2-16(13-6-7-20(18,19)10-13)14(17)12-5-3-4-11(8-12)9-15/h3-5,8,13H,2,6-7,9-10H2,1H3. The largest absolute Gasteiger partial charge is 0.335 e. The first-order chi connectivity index (χ1) is 9.46. The lowest BCUT2D eigenvalue weighted by atomic mass is 10.1. The van der Waals surface area contributed by atoms with E-state index in [0.29, 0.717) is 24.4 Å². The molecule has 1 unspecified atom stereocenters. The third kappa shape index (κ3) is 3.33. The maximum atomic E-state index is 12.5. The number of amides is 1. The van der Waals surface area contributed by atoms with Gasteiger partial charge < -0.3 is 4.90 Å². The predicted octanol–water partition coefficient (Wildman–Crippen LogP) is 2.07. The van der Waals surface area contributed by atoms with E-state index in [1.165, 1.54) is 0 Å². The highest BCUT2D eigenvalue weighted by Gasteiger charge is 2.34. The molecule has 110 valence electrons. The summed E-state index contributed by atoms with van der Waals surface area (Å²) in [7, 11) is -2.99. The van der Waals surface area contributed by atoms with Crippen LogP contribution in [0.3, 0.4) is 0 Å². The summed E-state index contributed by atoms with van der Waals surface area (Å²) in [5, 5.41) is 0. The lowest BCUT2D eigenvalue weighted by molar-refractivity contribution is 0.0708. The van der Waals surface area contributed by atoms with Crippen molar-refractivity contribution in [2.75, 3.05) is 18.1 Å². The third-order valence-corrected chi connectivity index (χ3v) is 5.64. The molecule has 0 aliphatic carbocycles. The van der Waals surface area contributed by atoms with Crippen LogP contribution in [0.2, 0.25) is 0 Å². The van der Waals surface area contributed by atoms with Gasteiger partial charge in [0.2, 0.25) is 0 Å². The van der Waals surface area contributed by atoms with Gasteiger partial charge in [-0.25, -0.2) is 8.42 Å². The zero-order chi connectivity index (χ0) is 14.8. The minimum absolute atomic E-state index is 0.0712. The molecule has 1 fully saturated rings. The third-order valence-electron chi connectivity index (χ3n) is 3.58. The quantitative estimate of drug-likeness (QED) is 0.799. The fourth-order valence-corrected chi connectivity index (χ4v) is 4.44. The van der Waals surface area contributed by atoms with E-state index < -0.39 is 9.84 Å². The van der Waals surface area contributed by atoms with E-state index in [9.17, 15) is 13.2 Å². The number of benzene rings is 1. The van der Waals surface area contributed by atoms with Gasteiger partial charge in [-0.2, -0.15) is 0 Å². The molecular weight excluding hydrogens is 298 g/mol. The van der Waals surface area contributed by atoms with Crippen molar-refractivity contribution >= 4 is 27.3 Å². The number of sulfone groups is 1. The van der Waals surface area contributed by atoms with E-state index in [4.69, 9.17) is 11.6 Å². The molecule has 0 aromatic heterocycles. The molecule has 0 radical (unpaired) electrons. The van der Waals surface area contributed by atoms with E-state index in [-0.39, 0.29) is 23.5 Å². The zero-order valence-electron chi connectivity index (χ0n) is 11.4. The first-order valence-corrected chi connectivity index (χ1v) is 8.98. The van der Waals surface area contributed by atoms with E-state index in [1.54, 1.807) is 23.1 Å². The maximum absolute atomic E-state index is 12.5. The average Bonchev–Trinajstić information content (AvgIpc) is 2.79. The molecule has 1 amide bonds. The molecule has 4 nitrogen and oxygen atoms in total. The summed E-state index contributed by atoms with van der Waals surface area (Å²) in [6, 6.07) is 6.95. The number of hydrogen-bond donors (Lipinski definition) is 0. The maximum Gasteiger partial charge on any atom is 0.254 e. The fourth-order valence-electron chi connectivity index (χ4n) is 2.54. The van der Waals surface area contributed by atoms with Crippen molar-refractivity contribution in [3.05, 3.63) is 35.4 Å². The van der Waals surface area contributed by atoms with Gasteiger partial charge in [0.25, 0.3) is 5.91 Å². The van der Waals surface area contributed by atoms with Crippen LogP contribution in [0.15, 0.2) is 24.3 Å². The monoisotopic (exact) mass is 315 g/mol. The fraction of sp³-hybridized carbons (Fsp3) is 0.500. The minimum Gasteiger partial charge on any atom is -0.335 e. The van der Waals surface area contributed by atoms with Crippen molar-refractivity contribution in [2.24, 2.45) is 0 Å². The molecule has 0 saturated carbocycles. The van der Waals surface area contributed by atoms with Gasteiger partial charge >= 0.3 is 0 Å². The van der Waals surface area contributed by atoms with Crippen molar-refractivity contribution in [3.8, 4) is 0 Å². The van der Waals surface area contributed by atoms with Crippen LogP contribution in [-0.2, 0) is 15.7 Å². The van der Waals surface area contributed by atoms with Gasteiger partial charge in [-0.05, 0) is 31.0 Å². The summed E-state index contributed by atoms with van der Waals surface area (Å²) < 4.78 is 23.1. The average molecular weight is 316 g/mol. The van der Waals surface area contributed by atoms with Crippen LogP contribution in [-0.4, -0.2) is 43.3 Å². The Bertz CT molecular complexity index is 600. The molecule has 1 aromatic rings. The van der Waals surface area contributed by atoms with Gasteiger partial charge in [0, 0.05) is 24.0 Å². The molecule has 0 spiro atoms. The predicted molar refractivity (Wildman–Crippen MR) is 79.8 cm³/mol. The normalized spacial score (nSPS) is 20.8. The van der Waals surface area contributed by atoms with Crippen molar-refractivity contribution in [2.45, 2.75) is 25.3 Å². The molecule has 1 saturated heterocycles. The highest BCUT2D eigenvalue weighted by molar-refractivity contribution is 7.91. The number of halogens is 1. The Morgan fingerprint density at radius 2 is 2.20 bits per heavy atom. The van der Waals surface area contributed by atoms with Crippen LogP contribution in [0.5, 0.6) is 0 Å². The molecule has 1 atom stereocenters.